The minimum absolute atomic E-state index is 0.0485. The summed E-state index contributed by atoms with van der Waals surface area (Å²) in [5, 5.41) is 0.600. The highest BCUT2D eigenvalue weighted by atomic mass is 35.5. The van der Waals surface area contributed by atoms with E-state index in [1.807, 2.05) is 6.07 Å². The summed E-state index contributed by atoms with van der Waals surface area (Å²) >= 11 is 5.91. The van der Waals surface area contributed by atoms with E-state index in [0.717, 1.165) is 5.65 Å². The molecule has 0 amide bonds. The fraction of sp³-hybridized carbons (Fsp3) is 0.167. The van der Waals surface area contributed by atoms with E-state index in [1.165, 1.54) is 0 Å². The number of hydrogen-bond acceptors (Lipinski definition) is 4. The topological polar surface area (TPSA) is 60.7 Å². The maximum atomic E-state index is 11.9. The van der Waals surface area contributed by atoms with Crippen LogP contribution in [0.2, 0.25) is 5.02 Å². The lowest BCUT2D eigenvalue weighted by Gasteiger charge is -2.03. The van der Waals surface area contributed by atoms with Crippen molar-refractivity contribution in [1.82, 2.24) is 9.38 Å². The summed E-state index contributed by atoms with van der Waals surface area (Å²) in [6.07, 6.45) is 3.66. The third-order valence-electron chi connectivity index (χ3n) is 3.50. The number of fused-ring (bicyclic) bond motifs is 1. The van der Waals surface area contributed by atoms with Crippen LogP contribution in [0.25, 0.3) is 5.65 Å². The summed E-state index contributed by atoms with van der Waals surface area (Å²) < 4.78 is 6.94. The lowest BCUT2D eigenvalue weighted by molar-refractivity contribution is -0.145. The van der Waals surface area contributed by atoms with Crippen LogP contribution in [-0.4, -0.2) is 21.1 Å². The van der Waals surface area contributed by atoms with Gasteiger partial charge in [-0.25, -0.2) is 4.98 Å². The molecule has 0 spiro atoms. The summed E-state index contributed by atoms with van der Waals surface area (Å²) in [4.78, 5) is 28.1. The van der Waals surface area contributed by atoms with E-state index in [0.29, 0.717) is 16.3 Å². The molecule has 0 atom stereocenters. The number of benzene rings is 1. The number of Topliss-reactive ketones (excluding diaryl/α,β-unsaturated/α-hetero) is 1. The quantitative estimate of drug-likeness (QED) is 0.506. The number of ether oxygens (including phenoxy) is 1. The lowest BCUT2D eigenvalue weighted by atomic mass is 10.1. The number of nitrogens with zero attached hydrogens (tertiary/aromatic N) is 2. The van der Waals surface area contributed by atoms with E-state index in [2.05, 4.69) is 4.98 Å². The highest BCUT2D eigenvalue weighted by molar-refractivity contribution is 6.30. The summed E-state index contributed by atoms with van der Waals surface area (Å²) in [6, 6.07) is 12.4. The largest absolute Gasteiger partial charge is 0.459 e. The third-order valence-corrected chi connectivity index (χ3v) is 3.72. The molecular formula is C18H15ClN2O3. The van der Waals surface area contributed by atoms with E-state index in [9.17, 15) is 9.59 Å². The van der Waals surface area contributed by atoms with Gasteiger partial charge in [-0.3, -0.25) is 9.59 Å². The molecule has 122 valence electrons. The van der Waals surface area contributed by atoms with Crippen LogP contribution in [0.15, 0.2) is 54.9 Å². The molecule has 3 aromatic rings. The van der Waals surface area contributed by atoms with Gasteiger partial charge in [0.05, 0.1) is 17.1 Å². The number of rotatable bonds is 6. The molecule has 2 aromatic heterocycles. The molecule has 5 nitrogen and oxygen atoms in total. The zero-order valence-electron chi connectivity index (χ0n) is 12.8. The van der Waals surface area contributed by atoms with Gasteiger partial charge in [-0.15, -0.1) is 0 Å². The Bertz CT molecular complexity index is 874. The van der Waals surface area contributed by atoms with E-state index in [4.69, 9.17) is 16.3 Å². The molecule has 0 unspecified atom stereocenters. The number of ketones is 1. The number of carbonyl (C=O) groups is 2. The Morgan fingerprint density at radius 1 is 1.04 bits per heavy atom. The Morgan fingerprint density at radius 2 is 1.83 bits per heavy atom. The zero-order valence-corrected chi connectivity index (χ0v) is 13.6. The van der Waals surface area contributed by atoms with Crippen molar-refractivity contribution in [3.05, 3.63) is 71.1 Å². The van der Waals surface area contributed by atoms with Gasteiger partial charge in [0.2, 0.25) is 0 Å². The maximum absolute atomic E-state index is 11.9. The van der Waals surface area contributed by atoms with Crippen molar-refractivity contribution in [2.24, 2.45) is 0 Å². The molecule has 3 rings (SSSR count). The fourth-order valence-electron chi connectivity index (χ4n) is 2.30. The molecule has 1 aromatic carbocycles. The molecule has 0 aliphatic heterocycles. The zero-order chi connectivity index (χ0) is 16.9. The predicted octanol–water partition coefficient (Wildman–Crippen LogP) is 3.69. The number of carbonyl (C=O) groups excluding carboxylic acids is 2. The Kier molecular flexibility index (Phi) is 4.91. The highest BCUT2D eigenvalue weighted by Gasteiger charge is 2.11. The Hall–Kier alpha value is -2.66. The van der Waals surface area contributed by atoms with E-state index in [1.54, 1.807) is 53.2 Å². The monoisotopic (exact) mass is 342 g/mol. The molecule has 6 heteroatoms. The second-order valence-corrected chi connectivity index (χ2v) is 5.73. The Morgan fingerprint density at radius 3 is 2.62 bits per heavy atom. The first-order valence-corrected chi connectivity index (χ1v) is 7.86. The molecular weight excluding hydrogens is 328 g/mol. The van der Waals surface area contributed by atoms with Crippen LogP contribution >= 0.6 is 11.6 Å². The first kappa shape index (κ1) is 16.2. The number of aromatic nitrogens is 2. The van der Waals surface area contributed by atoms with Crippen molar-refractivity contribution in [3.8, 4) is 0 Å². The molecule has 2 heterocycles. The molecule has 0 radical (unpaired) electrons. The van der Waals surface area contributed by atoms with Gasteiger partial charge >= 0.3 is 5.97 Å². The Balaban J connectivity index is 1.50. The summed E-state index contributed by atoms with van der Waals surface area (Å²) in [6.45, 7) is 0.0671. The van der Waals surface area contributed by atoms with Crippen molar-refractivity contribution >= 4 is 29.0 Å². The average Bonchev–Trinajstić information content (AvgIpc) is 3.00. The first-order valence-electron chi connectivity index (χ1n) is 7.49. The van der Waals surface area contributed by atoms with Crippen LogP contribution in [0.3, 0.4) is 0 Å². The molecule has 0 aliphatic carbocycles. The van der Waals surface area contributed by atoms with Gasteiger partial charge in [-0.05, 0) is 12.1 Å². The number of pyridine rings is 1. The SMILES string of the molecule is O=C(CCC(=O)c1ccccc1)OCc1cn2cc(Cl)ccc2n1. The minimum Gasteiger partial charge on any atom is -0.459 e. The molecule has 0 saturated carbocycles. The summed E-state index contributed by atoms with van der Waals surface area (Å²) in [5.74, 6) is -0.496. The van der Waals surface area contributed by atoms with Crippen LogP contribution < -0.4 is 0 Å². The van der Waals surface area contributed by atoms with Crippen LogP contribution in [0.4, 0.5) is 0 Å². The van der Waals surface area contributed by atoms with Crippen molar-refractivity contribution in [3.63, 3.8) is 0 Å². The maximum Gasteiger partial charge on any atom is 0.306 e. The van der Waals surface area contributed by atoms with Gasteiger partial charge in [0.1, 0.15) is 12.3 Å². The highest BCUT2D eigenvalue weighted by Crippen LogP contribution is 2.13. The number of hydrogen-bond donors (Lipinski definition) is 0. The van der Waals surface area contributed by atoms with E-state index < -0.39 is 5.97 Å². The molecule has 0 bridgehead atoms. The molecule has 0 fully saturated rings. The van der Waals surface area contributed by atoms with Crippen molar-refractivity contribution in [1.29, 1.82) is 0 Å². The second-order valence-electron chi connectivity index (χ2n) is 5.29. The van der Waals surface area contributed by atoms with Crippen molar-refractivity contribution in [2.45, 2.75) is 19.4 Å². The van der Waals surface area contributed by atoms with Crippen LogP contribution in [-0.2, 0) is 16.1 Å². The van der Waals surface area contributed by atoms with Gasteiger partial charge in [0.15, 0.2) is 5.78 Å². The normalized spacial score (nSPS) is 10.7. The molecule has 0 N–H and O–H groups in total. The van der Waals surface area contributed by atoms with Crippen molar-refractivity contribution < 1.29 is 14.3 Å². The first-order chi connectivity index (χ1) is 11.6. The van der Waals surface area contributed by atoms with Crippen molar-refractivity contribution in [2.75, 3.05) is 0 Å². The van der Waals surface area contributed by atoms with E-state index in [-0.39, 0.29) is 25.2 Å². The van der Waals surface area contributed by atoms with Gasteiger partial charge in [0.25, 0.3) is 0 Å². The molecule has 24 heavy (non-hydrogen) atoms. The van der Waals surface area contributed by atoms with Crippen LogP contribution in [0, 0.1) is 0 Å². The Labute approximate surface area is 143 Å². The lowest BCUT2D eigenvalue weighted by Crippen LogP contribution is -2.08. The summed E-state index contributed by atoms with van der Waals surface area (Å²) in [5.41, 5.74) is 1.95. The minimum atomic E-state index is -0.422. The number of halogens is 1. The van der Waals surface area contributed by atoms with Gasteiger partial charge in [-0.2, -0.15) is 0 Å². The molecule has 0 aliphatic rings. The van der Waals surface area contributed by atoms with Gasteiger partial charge in [0, 0.05) is 24.4 Å². The smallest absolute Gasteiger partial charge is 0.306 e. The predicted molar refractivity (Wildman–Crippen MR) is 90.0 cm³/mol. The average molecular weight is 343 g/mol. The van der Waals surface area contributed by atoms with Crippen LogP contribution in [0.5, 0.6) is 0 Å². The second kappa shape index (κ2) is 7.27. The number of imidazole rings is 1. The van der Waals surface area contributed by atoms with E-state index >= 15 is 0 Å². The van der Waals surface area contributed by atoms with Gasteiger partial charge < -0.3 is 9.14 Å². The molecule has 0 saturated heterocycles. The number of esters is 1. The van der Waals surface area contributed by atoms with Gasteiger partial charge in [-0.1, -0.05) is 41.9 Å². The standard InChI is InChI=1S/C18H15ClN2O3/c19-14-6-8-17-20-15(11-21(17)10-14)12-24-18(23)9-7-16(22)13-4-2-1-3-5-13/h1-6,8,10-11H,7,9,12H2. The van der Waals surface area contributed by atoms with Crippen LogP contribution in [0.1, 0.15) is 28.9 Å². The third kappa shape index (κ3) is 4.00. The summed E-state index contributed by atoms with van der Waals surface area (Å²) in [7, 11) is 0. The fourth-order valence-corrected chi connectivity index (χ4v) is 2.47.